The van der Waals surface area contributed by atoms with Crippen molar-refractivity contribution < 1.29 is 9.53 Å². The molecular weight excluding hydrogens is 360 g/mol. The predicted molar refractivity (Wildman–Crippen MR) is 117 cm³/mol. The van der Waals surface area contributed by atoms with Crippen LogP contribution in [0.4, 0.5) is 0 Å². The van der Waals surface area contributed by atoms with Gasteiger partial charge in [-0.25, -0.2) is 0 Å². The lowest BCUT2D eigenvalue weighted by Gasteiger charge is -2.24. The Morgan fingerprint density at radius 1 is 0.897 bits per heavy atom. The second-order valence-corrected chi connectivity index (χ2v) is 6.97. The Labute approximate surface area is 173 Å². The highest BCUT2D eigenvalue weighted by Gasteiger charge is 2.18. The number of hydrogen-bond donors (Lipinski definition) is 1. The number of amides is 1. The minimum Gasteiger partial charge on any atom is -0.497 e. The van der Waals surface area contributed by atoms with Crippen LogP contribution in [-0.4, -0.2) is 31.0 Å². The third kappa shape index (κ3) is 5.93. The molecule has 3 rings (SSSR count). The molecule has 1 N–H and O–H groups in total. The van der Waals surface area contributed by atoms with E-state index in [4.69, 9.17) is 4.74 Å². The molecule has 3 aromatic rings. The molecule has 4 nitrogen and oxygen atoms in total. The first-order valence-electron chi connectivity index (χ1n) is 9.94. The van der Waals surface area contributed by atoms with Crippen LogP contribution in [0.25, 0.3) is 0 Å². The molecule has 3 aromatic carbocycles. The van der Waals surface area contributed by atoms with Crippen LogP contribution in [0.1, 0.15) is 29.7 Å². The topological polar surface area (TPSA) is 41.6 Å². The number of nitrogens with one attached hydrogen (secondary N) is 1. The predicted octanol–water partition coefficient (Wildman–Crippen LogP) is 4.42. The van der Waals surface area contributed by atoms with Crippen molar-refractivity contribution >= 4 is 5.91 Å². The lowest BCUT2D eigenvalue weighted by Crippen LogP contribution is -2.39. The highest BCUT2D eigenvalue weighted by Crippen LogP contribution is 2.24. The monoisotopic (exact) mass is 388 g/mol. The van der Waals surface area contributed by atoms with Crippen LogP contribution in [-0.2, 0) is 11.3 Å². The van der Waals surface area contributed by atoms with Crippen molar-refractivity contribution in [1.82, 2.24) is 10.2 Å². The third-order valence-electron chi connectivity index (χ3n) is 4.95. The summed E-state index contributed by atoms with van der Waals surface area (Å²) in [4.78, 5) is 15.0. The maximum atomic E-state index is 12.9. The summed E-state index contributed by atoms with van der Waals surface area (Å²) >= 11 is 0. The van der Waals surface area contributed by atoms with Crippen molar-refractivity contribution in [2.75, 3.05) is 20.2 Å². The number of carbonyl (C=O) groups excluding carboxylic acids is 1. The second-order valence-electron chi connectivity index (χ2n) is 6.97. The van der Waals surface area contributed by atoms with Gasteiger partial charge in [0, 0.05) is 6.54 Å². The van der Waals surface area contributed by atoms with Gasteiger partial charge in [0.25, 0.3) is 0 Å². The van der Waals surface area contributed by atoms with Gasteiger partial charge in [-0.05, 0) is 35.4 Å². The van der Waals surface area contributed by atoms with Crippen LogP contribution < -0.4 is 10.1 Å². The molecule has 150 valence electrons. The van der Waals surface area contributed by atoms with Crippen LogP contribution in [0.3, 0.4) is 0 Å². The molecule has 0 aliphatic rings. The minimum absolute atomic E-state index is 0.00690. The Morgan fingerprint density at radius 3 is 2.07 bits per heavy atom. The third-order valence-corrected chi connectivity index (χ3v) is 4.95. The summed E-state index contributed by atoms with van der Waals surface area (Å²) in [7, 11) is 1.65. The fourth-order valence-electron chi connectivity index (χ4n) is 3.33. The zero-order chi connectivity index (χ0) is 20.5. The first kappa shape index (κ1) is 20.6. The number of rotatable bonds is 9. The Kier molecular flexibility index (Phi) is 7.42. The van der Waals surface area contributed by atoms with Crippen LogP contribution in [0.15, 0.2) is 84.9 Å². The van der Waals surface area contributed by atoms with Crippen molar-refractivity contribution in [3.8, 4) is 5.75 Å². The maximum Gasteiger partial charge on any atom is 0.234 e. The fraction of sp³-hybridized carbons (Fsp3) is 0.240. The van der Waals surface area contributed by atoms with Crippen molar-refractivity contribution in [2.45, 2.75) is 19.5 Å². The molecule has 0 aliphatic carbocycles. The summed E-state index contributed by atoms with van der Waals surface area (Å²) < 4.78 is 5.27. The van der Waals surface area contributed by atoms with Gasteiger partial charge in [0.2, 0.25) is 5.91 Å². The fourth-order valence-corrected chi connectivity index (χ4v) is 3.33. The van der Waals surface area contributed by atoms with E-state index in [1.54, 1.807) is 7.11 Å². The second kappa shape index (κ2) is 10.4. The zero-order valence-corrected chi connectivity index (χ0v) is 17.0. The summed E-state index contributed by atoms with van der Waals surface area (Å²) in [5.41, 5.74) is 3.28. The van der Waals surface area contributed by atoms with Gasteiger partial charge in [-0.3, -0.25) is 9.69 Å². The van der Waals surface area contributed by atoms with Crippen LogP contribution in [0.5, 0.6) is 5.75 Å². The molecule has 0 saturated carbocycles. The van der Waals surface area contributed by atoms with Gasteiger partial charge in [0.1, 0.15) is 5.75 Å². The summed E-state index contributed by atoms with van der Waals surface area (Å²) in [5, 5.41) is 3.22. The van der Waals surface area contributed by atoms with Gasteiger partial charge in [0.15, 0.2) is 0 Å². The quantitative estimate of drug-likeness (QED) is 0.590. The van der Waals surface area contributed by atoms with Crippen molar-refractivity contribution in [3.05, 3.63) is 102 Å². The molecular formula is C25H28N2O2. The lowest BCUT2D eigenvalue weighted by atomic mass is 9.98. The molecule has 0 aromatic heterocycles. The number of carbonyl (C=O) groups is 1. The van der Waals surface area contributed by atoms with Crippen molar-refractivity contribution in [1.29, 1.82) is 0 Å². The van der Waals surface area contributed by atoms with Gasteiger partial charge in [-0.1, -0.05) is 79.7 Å². The van der Waals surface area contributed by atoms with E-state index >= 15 is 0 Å². The molecule has 1 atom stereocenters. The minimum atomic E-state index is -0.204. The molecule has 0 heterocycles. The largest absolute Gasteiger partial charge is 0.497 e. The Morgan fingerprint density at radius 2 is 1.48 bits per heavy atom. The van der Waals surface area contributed by atoms with Crippen molar-refractivity contribution in [2.24, 2.45) is 0 Å². The van der Waals surface area contributed by atoms with E-state index in [2.05, 4.69) is 29.3 Å². The molecule has 0 radical (unpaired) electrons. The van der Waals surface area contributed by atoms with Gasteiger partial charge in [-0.15, -0.1) is 0 Å². The van der Waals surface area contributed by atoms with Gasteiger partial charge < -0.3 is 10.1 Å². The van der Waals surface area contributed by atoms with E-state index in [-0.39, 0.29) is 11.9 Å². The SMILES string of the molecule is CCN(CC(=O)N[C@@H](c1ccccc1)c1ccc(OC)cc1)Cc1ccccc1. The summed E-state index contributed by atoms with van der Waals surface area (Å²) in [5.74, 6) is 0.805. The summed E-state index contributed by atoms with van der Waals surface area (Å²) in [6.45, 7) is 3.99. The van der Waals surface area contributed by atoms with Crippen LogP contribution >= 0.6 is 0 Å². The average molecular weight is 389 g/mol. The van der Waals surface area contributed by atoms with E-state index in [9.17, 15) is 4.79 Å². The summed E-state index contributed by atoms with van der Waals surface area (Å²) in [6.07, 6.45) is 0. The Bertz CT molecular complexity index is 880. The highest BCUT2D eigenvalue weighted by atomic mass is 16.5. The van der Waals surface area contributed by atoms with E-state index in [0.717, 1.165) is 30.0 Å². The van der Waals surface area contributed by atoms with E-state index < -0.39 is 0 Å². The smallest absolute Gasteiger partial charge is 0.234 e. The molecule has 0 spiro atoms. The normalized spacial score (nSPS) is 11.8. The molecule has 1 amide bonds. The van der Waals surface area contributed by atoms with E-state index in [0.29, 0.717) is 6.54 Å². The number of ether oxygens (including phenoxy) is 1. The molecule has 29 heavy (non-hydrogen) atoms. The Hall–Kier alpha value is -3.11. The maximum absolute atomic E-state index is 12.9. The number of hydrogen-bond acceptors (Lipinski definition) is 3. The van der Waals surface area contributed by atoms with Crippen molar-refractivity contribution in [3.63, 3.8) is 0 Å². The molecule has 0 bridgehead atoms. The molecule has 0 saturated heterocycles. The van der Waals surface area contributed by atoms with Crippen LogP contribution in [0.2, 0.25) is 0 Å². The first-order valence-corrected chi connectivity index (χ1v) is 9.94. The number of likely N-dealkylation sites (N-methyl/N-ethyl adjacent to an activating group) is 1. The lowest BCUT2D eigenvalue weighted by molar-refractivity contribution is -0.122. The Balaban J connectivity index is 1.73. The van der Waals surface area contributed by atoms with E-state index in [1.807, 2.05) is 72.8 Å². The number of nitrogens with zero attached hydrogens (tertiary/aromatic N) is 1. The summed E-state index contributed by atoms with van der Waals surface area (Å²) in [6, 6.07) is 27.9. The number of benzene rings is 3. The first-order chi connectivity index (χ1) is 14.2. The van der Waals surface area contributed by atoms with E-state index in [1.165, 1.54) is 5.56 Å². The molecule has 4 heteroatoms. The number of methoxy groups -OCH3 is 1. The van der Waals surface area contributed by atoms with Gasteiger partial charge in [0.05, 0.1) is 19.7 Å². The average Bonchev–Trinajstić information content (AvgIpc) is 2.78. The standard InChI is InChI=1S/C25H28N2O2/c1-3-27(18-20-10-6-4-7-11-20)19-24(28)26-25(21-12-8-5-9-13-21)22-14-16-23(29-2)17-15-22/h4-17,25H,3,18-19H2,1-2H3,(H,26,28)/t25-/m0/s1. The van der Waals surface area contributed by atoms with Crippen LogP contribution in [0, 0.1) is 0 Å². The molecule has 0 unspecified atom stereocenters. The molecule has 0 aliphatic heterocycles. The van der Waals surface area contributed by atoms with Gasteiger partial charge >= 0.3 is 0 Å². The molecule has 0 fully saturated rings. The highest BCUT2D eigenvalue weighted by molar-refractivity contribution is 5.79. The zero-order valence-electron chi connectivity index (χ0n) is 17.0. The van der Waals surface area contributed by atoms with Gasteiger partial charge in [-0.2, -0.15) is 0 Å².